The van der Waals surface area contributed by atoms with E-state index in [-0.39, 0.29) is 24.4 Å². The largest absolute Gasteiger partial charge is 0.380 e. The normalized spacial score (nSPS) is 16.2. The highest BCUT2D eigenvalue weighted by Crippen LogP contribution is 2.48. The van der Waals surface area contributed by atoms with Crippen LogP contribution in [0.15, 0.2) is 6.07 Å². The molecule has 0 radical (unpaired) electrons. The fourth-order valence-electron chi connectivity index (χ4n) is 1.76. The Labute approximate surface area is 101 Å². The summed E-state index contributed by atoms with van der Waals surface area (Å²) in [5, 5.41) is 11.0. The van der Waals surface area contributed by atoms with Gasteiger partial charge in [0.1, 0.15) is 5.69 Å². The van der Waals surface area contributed by atoms with E-state index in [0.717, 1.165) is 12.8 Å². The van der Waals surface area contributed by atoms with Crippen molar-refractivity contribution >= 4 is 5.69 Å². The summed E-state index contributed by atoms with van der Waals surface area (Å²) in [7, 11) is 0. The van der Waals surface area contributed by atoms with Crippen LogP contribution in [0.4, 0.5) is 23.2 Å². The number of hydrogen-bond acceptors (Lipinski definition) is 2. The Balaban J connectivity index is 2.17. The summed E-state index contributed by atoms with van der Waals surface area (Å²) in [6, 6.07) is 2.15. The minimum atomic E-state index is -1.44. The van der Waals surface area contributed by atoms with Crippen LogP contribution in [0.2, 0.25) is 0 Å². The van der Waals surface area contributed by atoms with Gasteiger partial charge in [0.2, 0.25) is 0 Å². The molecule has 1 fully saturated rings. The lowest BCUT2D eigenvalue weighted by atomic mass is 10.0. The van der Waals surface area contributed by atoms with Crippen LogP contribution in [-0.2, 0) is 0 Å². The average molecular weight is 258 g/mol. The molecule has 2 nitrogen and oxygen atoms in total. The van der Waals surface area contributed by atoms with E-state index in [9.17, 15) is 17.6 Å². The van der Waals surface area contributed by atoms with Crippen LogP contribution in [0.5, 0.6) is 0 Å². The first-order valence-electron chi connectivity index (χ1n) is 5.43. The van der Waals surface area contributed by atoms with Gasteiger partial charge in [0, 0.05) is 24.4 Å². The van der Waals surface area contributed by atoms with E-state index in [4.69, 9.17) is 5.26 Å². The average Bonchev–Trinajstić information content (AvgIpc) is 3.07. The first kappa shape index (κ1) is 12.7. The summed E-state index contributed by atoms with van der Waals surface area (Å²) in [6.07, 6.45) is 1.77. The lowest BCUT2D eigenvalue weighted by Gasteiger charge is -2.15. The van der Waals surface area contributed by atoms with Crippen molar-refractivity contribution in [3.05, 3.63) is 29.3 Å². The van der Waals surface area contributed by atoms with Crippen LogP contribution in [0, 0.1) is 40.0 Å². The SMILES string of the molecule is N#CCC1(CNc2c(F)c(F)cc(F)c2F)CC1. The molecule has 1 aromatic rings. The molecular formula is C12H10F4N2. The molecule has 0 bridgehead atoms. The van der Waals surface area contributed by atoms with Crippen LogP contribution in [0.1, 0.15) is 19.3 Å². The molecule has 1 saturated carbocycles. The van der Waals surface area contributed by atoms with Crippen LogP contribution >= 0.6 is 0 Å². The van der Waals surface area contributed by atoms with Crippen molar-refractivity contribution in [1.82, 2.24) is 0 Å². The fraction of sp³-hybridized carbons (Fsp3) is 0.417. The summed E-state index contributed by atoms with van der Waals surface area (Å²) >= 11 is 0. The van der Waals surface area contributed by atoms with Gasteiger partial charge in [-0.3, -0.25) is 0 Å². The number of benzene rings is 1. The molecule has 0 unspecified atom stereocenters. The Hall–Kier alpha value is -1.77. The zero-order valence-corrected chi connectivity index (χ0v) is 9.36. The van der Waals surface area contributed by atoms with E-state index in [0.29, 0.717) is 0 Å². The Morgan fingerprint density at radius 1 is 1.17 bits per heavy atom. The van der Waals surface area contributed by atoms with Gasteiger partial charge in [-0.15, -0.1) is 0 Å². The van der Waals surface area contributed by atoms with E-state index >= 15 is 0 Å². The lowest BCUT2D eigenvalue weighted by molar-refractivity contribution is 0.455. The fourth-order valence-corrected chi connectivity index (χ4v) is 1.76. The molecule has 1 aliphatic rings. The number of nitrogens with one attached hydrogen (secondary N) is 1. The molecule has 18 heavy (non-hydrogen) atoms. The molecule has 0 aliphatic heterocycles. The van der Waals surface area contributed by atoms with Gasteiger partial charge in [-0.2, -0.15) is 5.26 Å². The molecule has 0 aromatic heterocycles. The van der Waals surface area contributed by atoms with E-state index in [2.05, 4.69) is 5.32 Å². The van der Waals surface area contributed by atoms with E-state index in [1.807, 2.05) is 6.07 Å². The van der Waals surface area contributed by atoms with Crippen LogP contribution in [0.25, 0.3) is 0 Å². The molecule has 6 heteroatoms. The highest BCUT2D eigenvalue weighted by Gasteiger charge is 2.42. The second-order valence-electron chi connectivity index (χ2n) is 4.53. The Morgan fingerprint density at radius 3 is 2.17 bits per heavy atom. The third-order valence-electron chi connectivity index (χ3n) is 3.16. The zero-order valence-electron chi connectivity index (χ0n) is 9.36. The van der Waals surface area contributed by atoms with Crippen molar-refractivity contribution in [3.8, 4) is 6.07 Å². The van der Waals surface area contributed by atoms with Gasteiger partial charge >= 0.3 is 0 Å². The third kappa shape index (κ3) is 2.26. The summed E-state index contributed by atoms with van der Waals surface area (Å²) in [5.74, 6) is -5.77. The van der Waals surface area contributed by atoms with Gasteiger partial charge in [0.15, 0.2) is 23.3 Å². The van der Waals surface area contributed by atoms with Gasteiger partial charge in [0.05, 0.1) is 6.07 Å². The van der Waals surface area contributed by atoms with E-state index < -0.39 is 29.0 Å². The maximum atomic E-state index is 13.3. The Kier molecular flexibility index (Phi) is 3.16. The van der Waals surface area contributed by atoms with Gasteiger partial charge in [-0.1, -0.05) is 0 Å². The van der Waals surface area contributed by atoms with E-state index in [1.54, 1.807) is 0 Å². The summed E-state index contributed by atoms with van der Waals surface area (Å²) in [6.45, 7) is 0.122. The van der Waals surface area contributed by atoms with Crippen molar-refractivity contribution in [2.75, 3.05) is 11.9 Å². The van der Waals surface area contributed by atoms with Gasteiger partial charge in [-0.25, -0.2) is 17.6 Å². The standard InChI is InChI=1S/C12H10F4N2/c13-7-5-8(14)10(16)11(9(7)15)18-6-12(1-2-12)3-4-17/h5,18H,1-3,6H2. The monoisotopic (exact) mass is 258 g/mol. The van der Waals surface area contributed by atoms with Crippen molar-refractivity contribution in [1.29, 1.82) is 5.26 Å². The minimum Gasteiger partial charge on any atom is -0.380 e. The predicted octanol–water partition coefficient (Wildman–Crippen LogP) is 3.35. The number of halogens is 4. The molecule has 0 spiro atoms. The summed E-state index contributed by atoms with van der Waals surface area (Å²) < 4.78 is 52.5. The van der Waals surface area contributed by atoms with Gasteiger partial charge in [-0.05, 0) is 12.8 Å². The van der Waals surface area contributed by atoms with Gasteiger partial charge in [0.25, 0.3) is 0 Å². The number of anilines is 1. The van der Waals surface area contributed by atoms with Gasteiger partial charge < -0.3 is 5.32 Å². The smallest absolute Gasteiger partial charge is 0.185 e. The molecule has 0 amide bonds. The first-order chi connectivity index (χ1) is 8.49. The molecule has 1 N–H and O–H groups in total. The number of hydrogen-bond donors (Lipinski definition) is 1. The maximum Gasteiger partial charge on any atom is 0.185 e. The van der Waals surface area contributed by atoms with Crippen molar-refractivity contribution in [2.45, 2.75) is 19.3 Å². The summed E-state index contributed by atoms with van der Waals surface area (Å²) in [5.41, 5.74) is -1.13. The minimum absolute atomic E-state index is 0.122. The Bertz CT molecular complexity index is 492. The van der Waals surface area contributed by atoms with Crippen molar-refractivity contribution in [2.24, 2.45) is 5.41 Å². The number of rotatable bonds is 4. The number of nitriles is 1. The zero-order chi connectivity index (χ0) is 13.3. The highest BCUT2D eigenvalue weighted by molar-refractivity contribution is 5.47. The quantitative estimate of drug-likeness (QED) is 0.664. The van der Waals surface area contributed by atoms with Crippen LogP contribution < -0.4 is 5.32 Å². The summed E-state index contributed by atoms with van der Waals surface area (Å²) in [4.78, 5) is 0. The molecule has 1 aromatic carbocycles. The third-order valence-corrected chi connectivity index (χ3v) is 3.16. The highest BCUT2D eigenvalue weighted by atomic mass is 19.2. The Morgan fingerprint density at radius 2 is 1.72 bits per heavy atom. The molecular weight excluding hydrogens is 248 g/mol. The second kappa shape index (κ2) is 4.48. The maximum absolute atomic E-state index is 13.3. The topological polar surface area (TPSA) is 35.8 Å². The van der Waals surface area contributed by atoms with Crippen molar-refractivity contribution in [3.63, 3.8) is 0 Å². The number of nitrogens with zero attached hydrogens (tertiary/aromatic N) is 1. The molecule has 1 aliphatic carbocycles. The molecule has 2 rings (SSSR count). The van der Waals surface area contributed by atoms with E-state index in [1.165, 1.54) is 0 Å². The van der Waals surface area contributed by atoms with Crippen LogP contribution in [-0.4, -0.2) is 6.54 Å². The molecule has 96 valence electrons. The molecule has 0 saturated heterocycles. The van der Waals surface area contributed by atoms with Crippen LogP contribution in [0.3, 0.4) is 0 Å². The first-order valence-corrected chi connectivity index (χ1v) is 5.43. The predicted molar refractivity (Wildman–Crippen MR) is 56.7 cm³/mol. The second-order valence-corrected chi connectivity index (χ2v) is 4.53. The molecule has 0 heterocycles. The van der Waals surface area contributed by atoms with Crippen molar-refractivity contribution < 1.29 is 17.6 Å². The molecule has 0 atom stereocenters. The lowest BCUT2D eigenvalue weighted by Crippen LogP contribution is -2.17.